The molecule has 1 aromatic carbocycles. The van der Waals surface area contributed by atoms with Crippen molar-refractivity contribution in [2.45, 2.75) is 26.1 Å². The molecule has 4 nitrogen and oxygen atoms in total. The molecule has 0 heterocycles. The Bertz CT molecular complexity index is 520. The predicted molar refractivity (Wildman–Crippen MR) is 71.6 cm³/mol. The second kappa shape index (κ2) is 5.52. The zero-order valence-electron chi connectivity index (χ0n) is 10.8. The number of ether oxygens (including phenoxy) is 1. The molecule has 0 aliphatic rings. The van der Waals surface area contributed by atoms with E-state index in [-0.39, 0.29) is 5.56 Å². The van der Waals surface area contributed by atoms with E-state index in [1.54, 1.807) is 20.8 Å². The number of rotatable bonds is 3. The van der Waals surface area contributed by atoms with Gasteiger partial charge < -0.3 is 9.84 Å². The number of esters is 1. The summed E-state index contributed by atoms with van der Waals surface area (Å²) in [7, 11) is 1.29. The molecule has 0 atom stereocenters. The first-order valence-corrected chi connectivity index (χ1v) is 6.49. The van der Waals surface area contributed by atoms with Crippen molar-refractivity contribution in [2.24, 2.45) is 0 Å². The molecule has 98 valence electrons. The highest BCUT2D eigenvalue weighted by Crippen LogP contribution is 2.29. The van der Waals surface area contributed by atoms with Crippen molar-refractivity contribution < 1.29 is 19.4 Å². The van der Waals surface area contributed by atoms with Crippen LogP contribution in [-0.2, 0) is 10.1 Å². The van der Waals surface area contributed by atoms with Crippen LogP contribution >= 0.6 is 15.9 Å². The molecule has 0 aliphatic carbocycles. The summed E-state index contributed by atoms with van der Waals surface area (Å²) in [4.78, 5) is 23.1. The molecule has 1 N–H and O–H groups in total. The van der Waals surface area contributed by atoms with Gasteiger partial charge in [0.15, 0.2) is 0 Å². The maximum Gasteiger partial charge on any atom is 0.338 e. The second-order valence-electron chi connectivity index (χ2n) is 4.03. The number of carboxylic acid groups (broad SMARTS) is 1. The van der Waals surface area contributed by atoms with Crippen LogP contribution in [0.4, 0.5) is 0 Å². The average Bonchev–Trinajstić information content (AvgIpc) is 2.28. The molecule has 0 amide bonds. The molecule has 0 saturated heterocycles. The maximum absolute atomic E-state index is 11.8. The number of aromatic carboxylic acids is 1. The van der Waals surface area contributed by atoms with Gasteiger partial charge in [-0.15, -0.1) is 0 Å². The van der Waals surface area contributed by atoms with Gasteiger partial charge >= 0.3 is 11.9 Å². The van der Waals surface area contributed by atoms with Crippen molar-refractivity contribution in [2.75, 3.05) is 7.11 Å². The lowest BCUT2D eigenvalue weighted by Gasteiger charge is -2.17. The first-order valence-electron chi connectivity index (χ1n) is 5.37. The summed E-state index contributed by atoms with van der Waals surface area (Å²) in [6.45, 7) is 5.18. The first-order chi connectivity index (χ1) is 8.36. The minimum absolute atomic E-state index is 0.176. The van der Waals surface area contributed by atoms with Gasteiger partial charge in [0.1, 0.15) is 0 Å². The number of alkyl halides is 1. The fourth-order valence-electron chi connectivity index (χ4n) is 2.20. The molecular weight excluding hydrogens is 300 g/mol. The second-order valence-corrected chi connectivity index (χ2v) is 4.59. The van der Waals surface area contributed by atoms with E-state index >= 15 is 0 Å². The predicted octanol–water partition coefficient (Wildman–Crippen LogP) is 2.99. The van der Waals surface area contributed by atoms with Crippen LogP contribution in [0.3, 0.4) is 0 Å². The molecule has 0 aliphatic heterocycles. The largest absolute Gasteiger partial charge is 0.478 e. The SMILES string of the molecule is COC(=O)c1c(C)c(CBr)c(C)c(C(=O)O)c1C. The minimum Gasteiger partial charge on any atom is -0.478 e. The highest BCUT2D eigenvalue weighted by molar-refractivity contribution is 9.08. The minimum atomic E-state index is -1.03. The van der Waals surface area contributed by atoms with E-state index in [0.717, 1.165) is 11.1 Å². The number of halogens is 1. The Hall–Kier alpha value is -1.36. The van der Waals surface area contributed by atoms with Crippen molar-refractivity contribution in [3.63, 3.8) is 0 Å². The van der Waals surface area contributed by atoms with E-state index in [1.807, 2.05) is 0 Å². The zero-order chi connectivity index (χ0) is 14.0. The summed E-state index contributed by atoms with van der Waals surface area (Å²) in [6.07, 6.45) is 0. The number of carboxylic acids is 1. The molecular formula is C13H15BrO4. The molecule has 5 heteroatoms. The van der Waals surface area contributed by atoms with Gasteiger partial charge in [-0.25, -0.2) is 9.59 Å². The standard InChI is InChI=1S/C13H15BrO4/c1-6-9(5-14)7(2)11(13(17)18-4)8(3)10(6)12(15)16/h5H2,1-4H3,(H,15,16). The van der Waals surface area contributed by atoms with E-state index in [2.05, 4.69) is 15.9 Å². The number of carbonyl (C=O) groups excluding carboxylic acids is 1. The van der Waals surface area contributed by atoms with Crippen LogP contribution in [0.2, 0.25) is 0 Å². The Morgan fingerprint density at radius 3 is 2.00 bits per heavy atom. The van der Waals surface area contributed by atoms with Gasteiger partial charge in [0.2, 0.25) is 0 Å². The van der Waals surface area contributed by atoms with Crippen LogP contribution in [0.5, 0.6) is 0 Å². The van der Waals surface area contributed by atoms with Crippen LogP contribution in [0, 0.1) is 20.8 Å². The smallest absolute Gasteiger partial charge is 0.338 e. The molecule has 0 bridgehead atoms. The normalized spacial score (nSPS) is 10.3. The average molecular weight is 315 g/mol. The molecule has 0 spiro atoms. The van der Waals surface area contributed by atoms with Crippen molar-refractivity contribution in [1.82, 2.24) is 0 Å². The lowest BCUT2D eigenvalue weighted by atomic mass is 9.89. The topological polar surface area (TPSA) is 63.6 Å². The Morgan fingerprint density at radius 2 is 1.61 bits per heavy atom. The third-order valence-electron chi connectivity index (χ3n) is 3.14. The van der Waals surface area contributed by atoms with Crippen LogP contribution in [0.15, 0.2) is 0 Å². The summed E-state index contributed by atoms with van der Waals surface area (Å²) in [5.41, 5.74) is 3.23. The molecule has 1 aromatic rings. The summed E-state index contributed by atoms with van der Waals surface area (Å²) >= 11 is 3.33. The highest BCUT2D eigenvalue weighted by atomic mass is 79.9. The third-order valence-corrected chi connectivity index (χ3v) is 3.70. The van der Waals surface area contributed by atoms with Crippen molar-refractivity contribution in [3.8, 4) is 0 Å². The van der Waals surface area contributed by atoms with E-state index in [9.17, 15) is 14.7 Å². The number of methoxy groups -OCH3 is 1. The molecule has 0 fully saturated rings. The van der Waals surface area contributed by atoms with Crippen LogP contribution in [-0.4, -0.2) is 24.2 Å². The van der Waals surface area contributed by atoms with E-state index in [1.165, 1.54) is 7.11 Å². The molecule has 0 saturated carbocycles. The third kappa shape index (κ3) is 2.27. The van der Waals surface area contributed by atoms with Gasteiger partial charge in [-0.2, -0.15) is 0 Å². The van der Waals surface area contributed by atoms with Gasteiger partial charge in [-0.1, -0.05) is 15.9 Å². The monoisotopic (exact) mass is 314 g/mol. The fourth-order valence-corrected chi connectivity index (χ4v) is 3.04. The number of hydrogen-bond acceptors (Lipinski definition) is 3. The van der Waals surface area contributed by atoms with E-state index in [0.29, 0.717) is 22.0 Å². The summed E-state index contributed by atoms with van der Waals surface area (Å²) in [6, 6.07) is 0. The van der Waals surface area contributed by atoms with Gasteiger partial charge in [-0.05, 0) is 43.0 Å². The van der Waals surface area contributed by atoms with Gasteiger partial charge in [0, 0.05) is 5.33 Å². The number of carbonyl (C=O) groups is 2. The lowest BCUT2D eigenvalue weighted by Crippen LogP contribution is -2.15. The van der Waals surface area contributed by atoms with E-state index in [4.69, 9.17) is 4.74 Å². The van der Waals surface area contributed by atoms with Gasteiger partial charge in [0.05, 0.1) is 18.2 Å². The molecule has 0 unspecified atom stereocenters. The molecule has 18 heavy (non-hydrogen) atoms. The fraction of sp³-hybridized carbons (Fsp3) is 0.385. The highest BCUT2D eigenvalue weighted by Gasteiger charge is 2.24. The Balaban J connectivity index is 3.78. The molecule has 1 rings (SSSR count). The zero-order valence-corrected chi connectivity index (χ0v) is 12.3. The molecule has 0 aromatic heterocycles. The van der Waals surface area contributed by atoms with Crippen LogP contribution in [0.25, 0.3) is 0 Å². The van der Waals surface area contributed by atoms with Gasteiger partial charge in [-0.3, -0.25) is 0 Å². The number of benzene rings is 1. The van der Waals surface area contributed by atoms with Crippen molar-refractivity contribution in [1.29, 1.82) is 0 Å². The first kappa shape index (κ1) is 14.7. The quantitative estimate of drug-likeness (QED) is 0.688. The van der Waals surface area contributed by atoms with Crippen molar-refractivity contribution >= 4 is 27.9 Å². The summed E-state index contributed by atoms with van der Waals surface area (Å²) in [5.74, 6) is -1.54. The van der Waals surface area contributed by atoms with Crippen molar-refractivity contribution in [3.05, 3.63) is 33.4 Å². The summed E-state index contributed by atoms with van der Waals surface area (Å²) in [5, 5.41) is 9.76. The lowest BCUT2D eigenvalue weighted by molar-refractivity contribution is 0.0599. The van der Waals surface area contributed by atoms with Crippen LogP contribution in [0.1, 0.15) is 43.0 Å². The van der Waals surface area contributed by atoms with Gasteiger partial charge in [0.25, 0.3) is 0 Å². The molecule has 0 radical (unpaired) electrons. The number of hydrogen-bond donors (Lipinski definition) is 1. The van der Waals surface area contributed by atoms with E-state index < -0.39 is 11.9 Å². The Morgan fingerprint density at radius 1 is 1.11 bits per heavy atom. The maximum atomic E-state index is 11.8. The van der Waals surface area contributed by atoms with Crippen LogP contribution < -0.4 is 0 Å². The Labute approximate surface area is 114 Å². The summed E-state index contributed by atoms with van der Waals surface area (Å²) < 4.78 is 4.72. The Kier molecular flexibility index (Phi) is 4.51.